The Balaban J connectivity index is 2.79. The fourth-order valence-corrected chi connectivity index (χ4v) is 1.22. The maximum atomic E-state index is 11.2. The van der Waals surface area contributed by atoms with Crippen LogP contribution in [0.3, 0.4) is 0 Å². The van der Waals surface area contributed by atoms with Crippen LogP contribution >= 0.6 is 0 Å². The summed E-state index contributed by atoms with van der Waals surface area (Å²) in [5.74, 6) is 0.175. The smallest absolute Gasteiger partial charge is 0.184 e. The number of ketones is 1. The van der Waals surface area contributed by atoms with Gasteiger partial charge in [-0.2, -0.15) is 0 Å². The van der Waals surface area contributed by atoms with E-state index in [-0.39, 0.29) is 5.78 Å². The molecule has 1 rings (SSSR count). The molecule has 1 saturated carbocycles. The molecule has 0 saturated heterocycles. The Kier molecular flexibility index (Phi) is 2.05. The Morgan fingerprint density at radius 1 is 1.50 bits per heavy atom. The van der Waals surface area contributed by atoms with E-state index in [4.69, 9.17) is 0 Å². The monoisotopic (exact) mass is 136 g/mol. The number of carbonyl (C=O) groups excluding carboxylic acids is 1. The second-order valence-electron chi connectivity index (χ2n) is 2.60. The molecular formula is C9H12O. The van der Waals surface area contributed by atoms with Crippen LogP contribution in [0.25, 0.3) is 0 Å². The van der Waals surface area contributed by atoms with Crippen LogP contribution in [-0.2, 0) is 4.79 Å². The van der Waals surface area contributed by atoms with Crippen molar-refractivity contribution in [2.24, 2.45) is 0 Å². The van der Waals surface area contributed by atoms with E-state index < -0.39 is 0 Å². The summed E-state index contributed by atoms with van der Waals surface area (Å²) in [7, 11) is 0. The van der Waals surface area contributed by atoms with E-state index in [1.54, 1.807) is 0 Å². The molecule has 0 amide bonds. The molecule has 0 aromatic rings. The minimum atomic E-state index is 0.175. The lowest BCUT2D eigenvalue weighted by Crippen LogP contribution is -2.10. The van der Waals surface area contributed by atoms with E-state index in [2.05, 4.69) is 6.58 Å². The molecule has 0 atom stereocenters. The zero-order valence-corrected chi connectivity index (χ0v) is 6.31. The lowest BCUT2D eigenvalue weighted by Gasteiger charge is -2.13. The summed E-state index contributed by atoms with van der Waals surface area (Å²) in [6.07, 6.45) is 4.81. The molecule has 0 N–H and O–H groups in total. The fraction of sp³-hybridized carbons (Fsp3) is 0.444. The highest BCUT2D eigenvalue weighted by Gasteiger charge is 2.16. The molecule has 0 radical (unpaired) electrons. The summed E-state index contributed by atoms with van der Waals surface area (Å²) in [6.45, 7) is 5.61. The average molecular weight is 136 g/mol. The van der Waals surface area contributed by atoms with Gasteiger partial charge in [0.15, 0.2) is 5.78 Å². The first-order valence-corrected chi connectivity index (χ1v) is 3.63. The van der Waals surface area contributed by atoms with Crippen LogP contribution < -0.4 is 0 Å². The molecule has 0 bridgehead atoms. The number of rotatable bonds is 0. The van der Waals surface area contributed by atoms with Crippen molar-refractivity contribution in [3.8, 4) is 0 Å². The van der Waals surface area contributed by atoms with Crippen molar-refractivity contribution in [3.05, 3.63) is 23.8 Å². The van der Waals surface area contributed by atoms with E-state index in [9.17, 15) is 4.79 Å². The zero-order chi connectivity index (χ0) is 7.56. The van der Waals surface area contributed by atoms with Gasteiger partial charge >= 0.3 is 0 Å². The maximum Gasteiger partial charge on any atom is 0.184 e. The van der Waals surface area contributed by atoms with E-state index in [0.717, 1.165) is 30.4 Å². The second kappa shape index (κ2) is 2.82. The second-order valence-corrected chi connectivity index (χ2v) is 2.60. The van der Waals surface area contributed by atoms with Gasteiger partial charge in [-0.25, -0.2) is 0 Å². The van der Waals surface area contributed by atoms with E-state index in [1.165, 1.54) is 0 Å². The molecule has 1 fully saturated rings. The first-order valence-electron chi connectivity index (χ1n) is 3.63. The van der Waals surface area contributed by atoms with Crippen molar-refractivity contribution >= 4 is 5.78 Å². The van der Waals surface area contributed by atoms with Crippen molar-refractivity contribution < 1.29 is 4.79 Å². The third-order valence-corrected chi connectivity index (χ3v) is 1.89. The largest absolute Gasteiger partial charge is 0.289 e. The third kappa shape index (κ3) is 1.18. The van der Waals surface area contributed by atoms with Crippen LogP contribution in [0, 0.1) is 0 Å². The van der Waals surface area contributed by atoms with Crippen molar-refractivity contribution in [1.82, 2.24) is 0 Å². The van der Waals surface area contributed by atoms with Crippen LogP contribution in [0.2, 0.25) is 0 Å². The van der Waals surface area contributed by atoms with E-state index in [1.807, 2.05) is 13.0 Å². The summed E-state index contributed by atoms with van der Waals surface area (Å²) in [5.41, 5.74) is 1.72. The van der Waals surface area contributed by atoms with Crippen LogP contribution in [0.1, 0.15) is 26.2 Å². The molecule has 0 spiro atoms. The molecule has 0 heterocycles. The predicted octanol–water partition coefficient (Wildman–Crippen LogP) is 2.24. The lowest BCUT2D eigenvalue weighted by atomic mass is 9.90. The van der Waals surface area contributed by atoms with E-state index >= 15 is 0 Å². The third-order valence-electron chi connectivity index (χ3n) is 1.89. The van der Waals surface area contributed by atoms with E-state index in [0.29, 0.717) is 0 Å². The van der Waals surface area contributed by atoms with Gasteiger partial charge in [0.05, 0.1) is 0 Å². The summed E-state index contributed by atoms with van der Waals surface area (Å²) in [5, 5.41) is 0. The van der Waals surface area contributed by atoms with Gasteiger partial charge in [0, 0.05) is 0 Å². The molecule has 10 heavy (non-hydrogen) atoms. The molecule has 0 aromatic carbocycles. The Hall–Kier alpha value is -0.850. The fourth-order valence-electron chi connectivity index (χ4n) is 1.22. The number of allylic oxidation sites excluding steroid dienone is 3. The van der Waals surface area contributed by atoms with Gasteiger partial charge in [0.25, 0.3) is 0 Å². The van der Waals surface area contributed by atoms with Gasteiger partial charge in [0.2, 0.25) is 0 Å². The number of hydrogen-bond acceptors (Lipinski definition) is 1. The van der Waals surface area contributed by atoms with Crippen molar-refractivity contribution in [3.63, 3.8) is 0 Å². The molecular weight excluding hydrogens is 124 g/mol. The Morgan fingerprint density at radius 2 is 2.20 bits per heavy atom. The number of hydrogen-bond donors (Lipinski definition) is 0. The minimum Gasteiger partial charge on any atom is -0.289 e. The molecule has 0 unspecified atom stereocenters. The molecule has 1 aliphatic rings. The zero-order valence-electron chi connectivity index (χ0n) is 6.31. The van der Waals surface area contributed by atoms with Gasteiger partial charge in [-0.05, 0) is 37.3 Å². The first kappa shape index (κ1) is 7.26. The molecule has 1 heteroatoms. The molecule has 1 aliphatic carbocycles. The Bertz CT molecular complexity index is 199. The quantitative estimate of drug-likeness (QED) is 0.467. The first-order chi connectivity index (χ1) is 4.75. The van der Waals surface area contributed by atoms with Gasteiger partial charge in [-0.1, -0.05) is 12.7 Å². The van der Waals surface area contributed by atoms with Gasteiger partial charge in [-0.15, -0.1) is 0 Å². The van der Waals surface area contributed by atoms with Crippen LogP contribution in [-0.4, -0.2) is 5.78 Å². The molecule has 1 nitrogen and oxygen atoms in total. The topological polar surface area (TPSA) is 17.1 Å². The van der Waals surface area contributed by atoms with Crippen LogP contribution in [0.15, 0.2) is 23.8 Å². The lowest BCUT2D eigenvalue weighted by molar-refractivity contribution is -0.113. The number of carbonyl (C=O) groups is 1. The summed E-state index contributed by atoms with van der Waals surface area (Å²) in [6, 6.07) is 0. The average Bonchev–Trinajstić information content (AvgIpc) is 1.95. The molecule has 0 aliphatic heterocycles. The highest BCUT2D eigenvalue weighted by atomic mass is 16.1. The summed E-state index contributed by atoms with van der Waals surface area (Å²) < 4.78 is 0. The maximum absolute atomic E-state index is 11.2. The van der Waals surface area contributed by atoms with Gasteiger partial charge in [0.1, 0.15) is 0 Å². The van der Waals surface area contributed by atoms with Crippen LogP contribution in [0.5, 0.6) is 0 Å². The van der Waals surface area contributed by atoms with Crippen molar-refractivity contribution in [2.45, 2.75) is 26.2 Å². The van der Waals surface area contributed by atoms with Crippen molar-refractivity contribution in [2.75, 3.05) is 0 Å². The summed E-state index contributed by atoms with van der Waals surface area (Å²) in [4.78, 5) is 11.2. The Labute approximate surface area is 61.4 Å². The minimum absolute atomic E-state index is 0.175. The predicted molar refractivity (Wildman–Crippen MR) is 41.8 cm³/mol. The normalized spacial score (nSPS) is 23.9. The van der Waals surface area contributed by atoms with Crippen LogP contribution in [0.4, 0.5) is 0 Å². The van der Waals surface area contributed by atoms with Gasteiger partial charge < -0.3 is 0 Å². The SMILES string of the molecule is C=C1CCCC(=CC)C1=O. The molecule has 54 valence electrons. The number of Topliss-reactive ketones (excluding diaryl/α,β-unsaturated/α-hetero) is 1. The molecule has 0 aromatic heterocycles. The van der Waals surface area contributed by atoms with Crippen molar-refractivity contribution in [1.29, 1.82) is 0 Å². The summed E-state index contributed by atoms with van der Waals surface area (Å²) >= 11 is 0. The standard InChI is InChI=1S/C9H12O/c1-3-8-6-4-5-7(2)9(8)10/h3H,2,4-6H2,1H3. The highest BCUT2D eigenvalue weighted by molar-refractivity contribution is 6.08. The highest BCUT2D eigenvalue weighted by Crippen LogP contribution is 2.22. The van der Waals surface area contributed by atoms with Gasteiger partial charge in [-0.3, -0.25) is 4.79 Å². The Morgan fingerprint density at radius 3 is 2.70 bits per heavy atom.